The van der Waals surface area contributed by atoms with Crippen molar-refractivity contribution in [1.82, 2.24) is 10.2 Å². The van der Waals surface area contributed by atoms with Crippen LogP contribution in [-0.2, 0) is 9.53 Å². The number of ether oxygens (including phenoxy) is 1. The molecule has 0 bridgehead atoms. The lowest BCUT2D eigenvalue weighted by atomic mass is 9.97. The zero-order chi connectivity index (χ0) is 16.8. The highest BCUT2D eigenvalue weighted by molar-refractivity contribution is 7.80. The molecule has 1 amide bonds. The molecular weight excluding hydrogens is 312 g/mol. The Hall–Kier alpha value is -1.95. The summed E-state index contributed by atoms with van der Waals surface area (Å²) in [6.45, 7) is 5.45. The molecule has 0 spiro atoms. The maximum Gasteiger partial charge on any atom is 0.309 e. The fourth-order valence-electron chi connectivity index (χ4n) is 2.61. The van der Waals surface area contributed by atoms with Crippen LogP contribution < -0.4 is 5.32 Å². The highest BCUT2D eigenvalue weighted by Crippen LogP contribution is 2.18. The molecule has 6 heteroatoms. The molecule has 0 saturated carbocycles. The van der Waals surface area contributed by atoms with Crippen LogP contribution in [0.15, 0.2) is 24.3 Å². The standard InChI is InChI=1S/C17H22N2O3S/c1-3-22-16(21)13-7-9-19(10-8-13)17(23)18-15(20)14-6-4-5-12(2)11-14/h4-6,11,13H,3,7-10H2,1-2H3,(H,18,20,23). The molecule has 1 saturated heterocycles. The number of amides is 1. The molecule has 0 radical (unpaired) electrons. The van der Waals surface area contributed by atoms with Gasteiger partial charge in [-0.15, -0.1) is 0 Å². The van der Waals surface area contributed by atoms with Crippen molar-refractivity contribution in [2.24, 2.45) is 5.92 Å². The largest absolute Gasteiger partial charge is 0.466 e. The Labute approximate surface area is 142 Å². The molecule has 1 aromatic rings. The third-order valence-corrected chi connectivity index (χ3v) is 4.26. The van der Waals surface area contributed by atoms with Crippen molar-refractivity contribution in [2.75, 3.05) is 19.7 Å². The number of nitrogens with one attached hydrogen (secondary N) is 1. The van der Waals surface area contributed by atoms with Gasteiger partial charge < -0.3 is 9.64 Å². The van der Waals surface area contributed by atoms with E-state index in [1.54, 1.807) is 6.07 Å². The summed E-state index contributed by atoms with van der Waals surface area (Å²) in [7, 11) is 0. The zero-order valence-electron chi connectivity index (χ0n) is 13.5. The lowest BCUT2D eigenvalue weighted by Crippen LogP contribution is -2.47. The van der Waals surface area contributed by atoms with E-state index in [0.717, 1.165) is 5.56 Å². The number of rotatable bonds is 3. The summed E-state index contributed by atoms with van der Waals surface area (Å²) in [6, 6.07) is 7.37. The van der Waals surface area contributed by atoms with E-state index >= 15 is 0 Å². The van der Waals surface area contributed by atoms with Crippen LogP contribution in [0, 0.1) is 12.8 Å². The molecule has 0 unspecified atom stereocenters. The van der Waals surface area contributed by atoms with E-state index in [1.807, 2.05) is 36.9 Å². The van der Waals surface area contributed by atoms with Gasteiger partial charge in [0.05, 0.1) is 12.5 Å². The molecule has 1 fully saturated rings. The molecule has 1 aromatic carbocycles. The normalized spacial score (nSPS) is 15.1. The van der Waals surface area contributed by atoms with Gasteiger partial charge in [0.1, 0.15) is 0 Å². The average molecular weight is 334 g/mol. The summed E-state index contributed by atoms with van der Waals surface area (Å²) < 4.78 is 5.05. The Bertz CT molecular complexity index is 595. The summed E-state index contributed by atoms with van der Waals surface area (Å²) in [6.07, 6.45) is 1.39. The Kier molecular flexibility index (Phi) is 6.10. The van der Waals surface area contributed by atoms with E-state index in [4.69, 9.17) is 17.0 Å². The van der Waals surface area contributed by atoms with Gasteiger partial charge in [0, 0.05) is 18.7 Å². The minimum absolute atomic E-state index is 0.0681. The smallest absolute Gasteiger partial charge is 0.309 e. The van der Waals surface area contributed by atoms with Crippen molar-refractivity contribution in [3.63, 3.8) is 0 Å². The number of carbonyl (C=O) groups excluding carboxylic acids is 2. The second-order valence-electron chi connectivity index (χ2n) is 5.64. The Balaban J connectivity index is 1.85. The van der Waals surface area contributed by atoms with Gasteiger partial charge in [-0.1, -0.05) is 17.7 Å². The molecule has 2 rings (SSSR count). The van der Waals surface area contributed by atoms with E-state index in [1.165, 1.54) is 0 Å². The molecule has 0 aliphatic carbocycles. The Morgan fingerprint density at radius 2 is 2.04 bits per heavy atom. The zero-order valence-corrected chi connectivity index (χ0v) is 14.3. The van der Waals surface area contributed by atoms with Crippen molar-refractivity contribution in [3.05, 3.63) is 35.4 Å². The van der Waals surface area contributed by atoms with Crippen LogP contribution in [0.25, 0.3) is 0 Å². The number of nitrogens with zero attached hydrogens (tertiary/aromatic N) is 1. The van der Waals surface area contributed by atoms with Gasteiger partial charge >= 0.3 is 5.97 Å². The van der Waals surface area contributed by atoms with Gasteiger partial charge in [-0.3, -0.25) is 14.9 Å². The molecular formula is C17H22N2O3S. The summed E-state index contributed by atoms with van der Waals surface area (Å²) >= 11 is 5.32. The van der Waals surface area contributed by atoms with Gasteiger partial charge in [-0.05, 0) is 51.0 Å². The fourth-order valence-corrected chi connectivity index (χ4v) is 2.89. The second-order valence-corrected chi connectivity index (χ2v) is 6.03. The fraction of sp³-hybridized carbons (Fsp3) is 0.471. The lowest BCUT2D eigenvalue weighted by molar-refractivity contribution is -0.149. The SMILES string of the molecule is CCOC(=O)C1CCN(C(=S)NC(=O)c2cccc(C)c2)CC1. The van der Waals surface area contributed by atoms with Crippen LogP contribution in [0.4, 0.5) is 0 Å². The summed E-state index contributed by atoms with van der Waals surface area (Å²) in [5, 5.41) is 3.18. The first-order valence-corrected chi connectivity index (χ1v) is 8.25. The van der Waals surface area contributed by atoms with E-state index in [-0.39, 0.29) is 17.8 Å². The van der Waals surface area contributed by atoms with Crippen LogP contribution in [0.3, 0.4) is 0 Å². The van der Waals surface area contributed by atoms with E-state index in [0.29, 0.717) is 43.2 Å². The summed E-state index contributed by atoms with van der Waals surface area (Å²) in [5.74, 6) is -0.408. The van der Waals surface area contributed by atoms with Gasteiger partial charge in [0.25, 0.3) is 5.91 Å². The Morgan fingerprint density at radius 3 is 2.65 bits per heavy atom. The number of hydrogen-bond acceptors (Lipinski definition) is 4. The van der Waals surface area contributed by atoms with Crippen molar-refractivity contribution >= 4 is 29.2 Å². The minimum atomic E-state index is -0.203. The summed E-state index contributed by atoms with van der Waals surface area (Å²) in [5.41, 5.74) is 1.62. The molecule has 0 aromatic heterocycles. The average Bonchev–Trinajstić information content (AvgIpc) is 2.55. The highest BCUT2D eigenvalue weighted by Gasteiger charge is 2.27. The van der Waals surface area contributed by atoms with Gasteiger partial charge in [-0.25, -0.2) is 0 Å². The monoisotopic (exact) mass is 334 g/mol. The van der Waals surface area contributed by atoms with Crippen molar-refractivity contribution in [2.45, 2.75) is 26.7 Å². The first-order chi connectivity index (χ1) is 11.0. The van der Waals surface area contributed by atoms with Crippen LogP contribution >= 0.6 is 12.2 Å². The van der Waals surface area contributed by atoms with Crippen LogP contribution in [0.5, 0.6) is 0 Å². The first kappa shape index (κ1) is 17.4. The molecule has 5 nitrogen and oxygen atoms in total. The highest BCUT2D eigenvalue weighted by atomic mass is 32.1. The third-order valence-electron chi connectivity index (χ3n) is 3.90. The van der Waals surface area contributed by atoms with Gasteiger partial charge in [0.15, 0.2) is 5.11 Å². The number of thiocarbonyl (C=S) groups is 1. The topological polar surface area (TPSA) is 58.6 Å². The number of esters is 1. The molecule has 0 atom stereocenters. The van der Waals surface area contributed by atoms with Crippen LogP contribution in [0.1, 0.15) is 35.7 Å². The predicted molar refractivity (Wildman–Crippen MR) is 92.2 cm³/mol. The molecule has 1 aliphatic rings. The molecule has 1 aliphatic heterocycles. The van der Waals surface area contributed by atoms with Crippen LogP contribution in [-0.4, -0.2) is 41.6 Å². The molecule has 1 heterocycles. The van der Waals surface area contributed by atoms with Gasteiger partial charge in [-0.2, -0.15) is 0 Å². The molecule has 1 N–H and O–H groups in total. The van der Waals surface area contributed by atoms with Crippen molar-refractivity contribution in [3.8, 4) is 0 Å². The first-order valence-electron chi connectivity index (χ1n) is 7.84. The predicted octanol–water partition coefficient (Wildman–Crippen LogP) is 2.28. The number of benzene rings is 1. The maximum absolute atomic E-state index is 12.2. The maximum atomic E-state index is 12.2. The number of piperidine rings is 1. The Morgan fingerprint density at radius 1 is 1.35 bits per heavy atom. The van der Waals surface area contributed by atoms with Crippen LogP contribution in [0.2, 0.25) is 0 Å². The summed E-state index contributed by atoms with van der Waals surface area (Å²) in [4.78, 5) is 25.9. The van der Waals surface area contributed by atoms with E-state index in [2.05, 4.69) is 5.32 Å². The van der Waals surface area contributed by atoms with Gasteiger partial charge in [0.2, 0.25) is 0 Å². The number of carbonyl (C=O) groups is 2. The second kappa shape index (κ2) is 8.06. The number of likely N-dealkylation sites (tertiary alicyclic amines) is 1. The minimum Gasteiger partial charge on any atom is -0.466 e. The quantitative estimate of drug-likeness (QED) is 0.679. The van der Waals surface area contributed by atoms with E-state index in [9.17, 15) is 9.59 Å². The number of aryl methyl sites for hydroxylation is 1. The van der Waals surface area contributed by atoms with Crippen molar-refractivity contribution in [1.29, 1.82) is 0 Å². The molecule has 124 valence electrons. The molecule has 23 heavy (non-hydrogen) atoms. The van der Waals surface area contributed by atoms with E-state index < -0.39 is 0 Å². The number of hydrogen-bond donors (Lipinski definition) is 1. The lowest BCUT2D eigenvalue weighted by Gasteiger charge is -2.32. The van der Waals surface area contributed by atoms with Crippen molar-refractivity contribution < 1.29 is 14.3 Å². The third kappa shape index (κ3) is 4.76.